The second kappa shape index (κ2) is 7.53. The highest BCUT2D eigenvalue weighted by molar-refractivity contribution is 5.95. The molecule has 3 aromatic rings. The van der Waals surface area contributed by atoms with E-state index in [0.717, 1.165) is 12.1 Å². The van der Waals surface area contributed by atoms with E-state index >= 15 is 4.39 Å². The summed E-state index contributed by atoms with van der Waals surface area (Å²) >= 11 is 0. The summed E-state index contributed by atoms with van der Waals surface area (Å²) in [5, 5.41) is 6.31. The summed E-state index contributed by atoms with van der Waals surface area (Å²) in [5.74, 6) is -0.968. The van der Waals surface area contributed by atoms with Crippen LogP contribution in [0.2, 0.25) is 0 Å². The third-order valence-electron chi connectivity index (χ3n) is 4.90. The van der Waals surface area contributed by atoms with Crippen LogP contribution >= 0.6 is 0 Å². The van der Waals surface area contributed by atoms with Gasteiger partial charge in [0, 0.05) is 24.2 Å². The van der Waals surface area contributed by atoms with Crippen LogP contribution in [-0.2, 0) is 17.7 Å². The second-order valence-electron chi connectivity index (χ2n) is 7.16. The average Bonchev–Trinajstić information content (AvgIpc) is 3.17. The predicted molar refractivity (Wildman–Crippen MR) is 105 cm³/mol. The smallest absolute Gasteiger partial charge is 0.262 e. The summed E-state index contributed by atoms with van der Waals surface area (Å²) in [6, 6.07) is 5.22. The quantitative estimate of drug-likeness (QED) is 0.681. The summed E-state index contributed by atoms with van der Waals surface area (Å²) in [7, 11) is 0. The molecule has 3 heterocycles. The maximum atomic E-state index is 15.1. The molecule has 10 heteroatoms. The Morgan fingerprint density at radius 2 is 2.13 bits per heavy atom. The topological polar surface area (TPSA) is 89.7 Å². The first-order chi connectivity index (χ1) is 15.7. The number of carbonyl (C=O) groups is 1. The van der Waals surface area contributed by atoms with Gasteiger partial charge in [0.05, 0.1) is 26.6 Å². The van der Waals surface area contributed by atoms with E-state index in [4.69, 9.17) is 16.7 Å². The number of hydrogen-bond donors (Lipinski definition) is 1. The van der Waals surface area contributed by atoms with E-state index < -0.39 is 30.1 Å². The largest absolute Gasteiger partial charge is 0.489 e. The zero-order valence-electron chi connectivity index (χ0n) is 18.3. The molecular formula is C21H18F2N4O4. The number of rotatable bonds is 4. The first-order valence-electron chi connectivity index (χ1n) is 10.5. The van der Waals surface area contributed by atoms with Crippen molar-refractivity contribution in [3.8, 4) is 11.5 Å². The normalized spacial score (nSPS) is 18.7. The number of carbonyl (C=O) groups excluding carboxylic acids is 1. The van der Waals surface area contributed by atoms with Crippen molar-refractivity contribution in [3.63, 3.8) is 0 Å². The lowest BCUT2D eigenvalue weighted by Gasteiger charge is -2.38. The summed E-state index contributed by atoms with van der Waals surface area (Å²) in [5.41, 5.74) is 0.0467. The number of hydrogen-bond acceptors (Lipinski definition) is 7. The third-order valence-corrected chi connectivity index (χ3v) is 4.90. The van der Waals surface area contributed by atoms with Gasteiger partial charge in [-0.25, -0.2) is 8.78 Å². The molecule has 1 N–H and O–H groups in total. The molecule has 5 rings (SSSR count). The molecule has 1 unspecified atom stereocenters. The molecule has 0 saturated heterocycles. The number of fused-ring (bicyclic) bond motifs is 2. The van der Waals surface area contributed by atoms with Crippen molar-refractivity contribution in [3.05, 3.63) is 59.2 Å². The fourth-order valence-corrected chi connectivity index (χ4v) is 3.50. The fraction of sp³-hybridized carbons (Fsp3) is 0.286. The van der Waals surface area contributed by atoms with E-state index in [1.807, 2.05) is 0 Å². The van der Waals surface area contributed by atoms with Crippen molar-refractivity contribution in [2.75, 3.05) is 23.4 Å². The van der Waals surface area contributed by atoms with Crippen LogP contribution in [-0.4, -0.2) is 35.3 Å². The Hall–Kier alpha value is -3.69. The van der Waals surface area contributed by atoms with E-state index in [1.54, 1.807) is 6.92 Å². The molecular weight excluding hydrogens is 410 g/mol. The van der Waals surface area contributed by atoms with Gasteiger partial charge in [0.2, 0.25) is 5.89 Å². The number of nitrogens with zero attached hydrogens (tertiary/aromatic N) is 3. The van der Waals surface area contributed by atoms with E-state index in [9.17, 15) is 9.18 Å². The molecule has 0 aliphatic carbocycles. The van der Waals surface area contributed by atoms with Gasteiger partial charge >= 0.3 is 0 Å². The molecule has 1 aromatic heterocycles. The lowest BCUT2D eigenvalue weighted by Crippen LogP contribution is -2.44. The van der Waals surface area contributed by atoms with Crippen LogP contribution in [0.4, 0.5) is 20.2 Å². The number of amides is 1. The second-order valence-corrected chi connectivity index (χ2v) is 7.16. The van der Waals surface area contributed by atoms with Crippen LogP contribution in [0.3, 0.4) is 0 Å². The van der Waals surface area contributed by atoms with Crippen LogP contribution < -0.4 is 19.7 Å². The molecule has 2 aliphatic heterocycles. The minimum absolute atomic E-state index is 0.0379. The van der Waals surface area contributed by atoms with Crippen molar-refractivity contribution < 1.29 is 30.3 Å². The van der Waals surface area contributed by atoms with E-state index in [1.165, 1.54) is 23.1 Å². The maximum Gasteiger partial charge on any atom is 0.262 e. The van der Waals surface area contributed by atoms with Gasteiger partial charge in [-0.15, -0.1) is 0 Å². The van der Waals surface area contributed by atoms with Gasteiger partial charge in [-0.3, -0.25) is 4.79 Å². The Balaban J connectivity index is 1.61. The molecule has 2 aromatic carbocycles. The number of aryl methyl sites for hydroxylation is 1. The molecule has 0 bridgehead atoms. The SMILES string of the molecule is [2H]C([2H])(c1cc2c(cc1F)OCC(=O)N2)N1c2ccc(F)cc2OCC1Cc1nc(C)no1. The lowest BCUT2D eigenvalue weighted by molar-refractivity contribution is -0.118. The Morgan fingerprint density at radius 1 is 1.26 bits per heavy atom. The fourth-order valence-electron chi connectivity index (χ4n) is 3.50. The number of anilines is 2. The minimum atomic E-state index is -2.45. The van der Waals surface area contributed by atoms with Crippen LogP contribution in [0.5, 0.6) is 11.5 Å². The minimum Gasteiger partial charge on any atom is -0.489 e. The van der Waals surface area contributed by atoms with Crippen LogP contribution in [0.25, 0.3) is 0 Å². The van der Waals surface area contributed by atoms with Gasteiger partial charge in [0.15, 0.2) is 12.4 Å². The highest BCUT2D eigenvalue weighted by Gasteiger charge is 2.31. The molecule has 1 amide bonds. The summed E-state index contributed by atoms with van der Waals surface area (Å²) in [6.07, 6.45) is 0.101. The highest BCUT2D eigenvalue weighted by atomic mass is 19.1. The maximum absolute atomic E-state index is 15.1. The molecule has 0 fully saturated rings. The summed E-state index contributed by atoms with van der Waals surface area (Å²) < 4.78 is 62.9. The average molecular weight is 430 g/mol. The van der Waals surface area contributed by atoms with Crippen LogP contribution in [0.1, 0.15) is 20.0 Å². The first kappa shape index (κ1) is 17.0. The molecule has 1 atom stereocenters. The van der Waals surface area contributed by atoms with Crippen molar-refractivity contribution in [1.29, 1.82) is 0 Å². The van der Waals surface area contributed by atoms with Crippen molar-refractivity contribution in [2.24, 2.45) is 0 Å². The van der Waals surface area contributed by atoms with Crippen molar-refractivity contribution in [1.82, 2.24) is 10.1 Å². The van der Waals surface area contributed by atoms with Crippen molar-refractivity contribution >= 4 is 17.3 Å². The molecule has 31 heavy (non-hydrogen) atoms. The number of aromatic nitrogens is 2. The Bertz CT molecular complexity index is 1250. The van der Waals surface area contributed by atoms with Gasteiger partial charge in [-0.1, -0.05) is 5.16 Å². The monoisotopic (exact) mass is 430 g/mol. The molecule has 160 valence electrons. The first-order valence-corrected chi connectivity index (χ1v) is 9.50. The lowest BCUT2D eigenvalue weighted by atomic mass is 10.1. The van der Waals surface area contributed by atoms with Crippen LogP contribution in [0, 0.1) is 18.6 Å². The Morgan fingerprint density at radius 3 is 2.94 bits per heavy atom. The molecule has 0 spiro atoms. The Kier molecular flexibility index (Phi) is 4.14. The number of benzene rings is 2. The predicted octanol–water partition coefficient (Wildman–Crippen LogP) is 3.00. The standard InChI is InChI=1S/C21H18F2N4O4/c1-11-24-21(31-26-11)6-14-9-29-19-5-13(22)2-3-17(19)27(14)8-12-4-16-18(7-15(12)23)30-10-20(28)25-16/h2-5,7,14H,6,8-10H2,1H3,(H,25,28)/i8D2. The van der Waals surface area contributed by atoms with E-state index in [2.05, 4.69) is 15.5 Å². The number of nitrogens with one attached hydrogen (secondary N) is 1. The van der Waals surface area contributed by atoms with Gasteiger partial charge in [-0.05, 0) is 25.1 Å². The Labute approximate surface area is 178 Å². The van der Waals surface area contributed by atoms with Crippen molar-refractivity contribution in [2.45, 2.75) is 25.9 Å². The molecule has 8 nitrogen and oxygen atoms in total. The van der Waals surface area contributed by atoms with E-state index in [0.29, 0.717) is 5.82 Å². The third kappa shape index (κ3) is 3.76. The number of halogens is 2. The number of ether oxygens (including phenoxy) is 2. The molecule has 0 radical (unpaired) electrons. The van der Waals surface area contributed by atoms with Gasteiger partial charge in [-0.2, -0.15) is 4.98 Å². The van der Waals surface area contributed by atoms with Gasteiger partial charge < -0.3 is 24.2 Å². The zero-order valence-corrected chi connectivity index (χ0v) is 16.3. The summed E-state index contributed by atoms with van der Waals surface area (Å²) in [6.45, 7) is -1.09. The molecule has 2 aliphatic rings. The highest BCUT2D eigenvalue weighted by Crippen LogP contribution is 2.38. The van der Waals surface area contributed by atoms with Crippen LogP contribution in [0.15, 0.2) is 34.9 Å². The summed E-state index contributed by atoms with van der Waals surface area (Å²) in [4.78, 5) is 17.2. The molecule has 0 saturated carbocycles. The van der Waals surface area contributed by atoms with Gasteiger partial charge in [0.25, 0.3) is 5.91 Å². The van der Waals surface area contributed by atoms with Gasteiger partial charge in [0.1, 0.15) is 29.7 Å². The zero-order chi connectivity index (χ0) is 23.3. The van der Waals surface area contributed by atoms with E-state index in [-0.39, 0.29) is 54.0 Å².